The largest absolute Gasteiger partial charge is 0.493 e. The predicted octanol–water partition coefficient (Wildman–Crippen LogP) is 4.13. The summed E-state index contributed by atoms with van der Waals surface area (Å²) in [5, 5.41) is 10.1. The Hall–Kier alpha value is -3.09. The molecule has 0 aliphatic heterocycles. The van der Waals surface area contributed by atoms with E-state index in [0.717, 1.165) is 5.56 Å². The van der Waals surface area contributed by atoms with Crippen molar-refractivity contribution in [2.75, 3.05) is 11.3 Å². The maximum absolute atomic E-state index is 12.4. The van der Waals surface area contributed by atoms with E-state index in [9.17, 15) is 13.5 Å². The number of nitrogens with one attached hydrogen (secondary N) is 1. The van der Waals surface area contributed by atoms with Crippen molar-refractivity contribution in [1.82, 2.24) is 0 Å². The highest BCUT2D eigenvalue weighted by atomic mass is 32.2. The second-order valence-corrected chi connectivity index (χ2v) is 8.02. The molecule has 0 aliphatic carbocycles. The summed E-state index contributed by atoms with van der Waals surface area (Å²) in [6.07, 6.45) is 3.16. The van der Waals surface area contributed by atoms with E-state index in [0.29, 0.717) is 24.5 Å². The van der Waals surface area contributed by atoms with Crippen molar-refractivity contribution in [1.29, 1.82) is 0 Å². The molecule has 0 saturated heterocycles. The average Bonchev–Trinajstić information content (AvgIpc) is 2.74. The molecule has 149 valence electrons. The van der Waals surface area contributed by atoms with Crippen LogP contribution in [0, 0.1) is 6.07 Å². The first-order valence-electron chi connectivity index (χ1n) is 9.17. The normalized spacial score (nSPS) is 12.6. The van der Waals surface area contributed by atoms with E-state index in [1.54, 1.807) is 54.6 Å². The van der Waals surface area contributed by atoms with E-state index in [1.165, 1.54) is 12.1 Å². The van der Waals surface area contributed by atoms with Crippen molar-refractivity contribution in [2.45, 2.75) is 17.4 Å². The minimum absolute atomic E-state index is 0.201. The summed E-state index contributed by atoms with van der Waals surface area (Å²) in [6, 6.07) is 25.4. The van der Waals surface area contributed by atoms with Crippen LogP contribution in [-0.2, 0) is 10.0 Å². The lowest BCUT2D eigenvalue weighted by Gasteiger charge is -2.09. The van der Waals surface area contributed by atoms with E-state index < -0.39 is 16.1 Å². The fourth-order valence-corrected chi connectivity index (χ4v) is 3.66. The SMILES string of the molecule is O=S(=O)(Nc1cccc(/C=C/[C@@H](O)CCOc2[c]cccc2)c1)c1ccccc1. The van der Waals surface area contributed by atoms with Crippen LogP contribution in [0.3, 0.4) is 0 Å². The second kappa shape index (κ2) is 9.91. The molecule has 0 aliphatic rings. The Morgan fingerprint density at radius 1 is 1.03 bits per heavy atom. The zero-order valence-corrected chi connectivity index (χ0v) is 16.5. The van der Waals surface area contributed by atoms with E-state index in [2.05, 4.69) is 10.8 Å². The fraction of sp³-hybridized carbons (Fsp3) is 0.130. The predicted molar refractivity (Wildman–Crippen MR) is 114 cm³/mol. The fourth-order valence-electron chi connectivity index (χ4n) is 2.59. The molecule has 0 unspecified atom stereocenters. The zero-order chi connectivity index (χ0) is 20.5. The molecule has 3 aromatic carbocycles. The third kappa shape index (κ3) is 6.48. The van der Waals surface area contributed by atoms with Gasteiger partial charge in [-0.1, -0.05) is 60.7 Å². The van der Waals surface area contributed by atoms with E-state index >= 15 is 0 Å². The maximum Gasteiger partial charge on any atom is 0.261 e. The number of ether oxygens (including phenoxy) is 1. The monoisotopic (exact) mass is 408 g/mol. The summed E-state index contributed by atoms with van der Waals surface area (Å²) in [6.45, 7) is 0.364. The van der Waals surface area contributed by atoms with Crippen molar-refractivity contribution in [3.63, 3.8) is 0 Å². The van der Waals surface area contributed by atoms with Crippen molar-refractivity contribution in [3.05, 3.63) is 96.6 Å². The van der Waals surface area contributed by atoms with Gasteiger partial charge < -0.3 is 9.84 Å². The van der Waals surface area contributed by atoms with Gasteiger partial charge in [0.2, 0.25) is 0 Å². The molecule has 3 aromatic rings. The Balaban J connectivity index is 1.56. The molecule has 3 rings (SSSR count). The van der Waals surface area contributed by atoms with Crippen molar-refractivity contribution in [2.24, 2.45) is 0 Å². The van der Waals surface area contributed by atoms with Crippen LogP contribution >= 0.6 is 0 Å². The summed E-state index contributed by atoms with van der Waals surface area (Å²) in [7, 11) is -3.64. The van der Waals surface area contributed by atoms with Crippen LogP contribution in [0.2, 0.25) is 0 Å². The zero-order valence-electron chi connectivity index (χ0n) is 15.7. The Morgan fingerprint density at radius 2 is 1.83 bits per heavy atom. The van der Waals surface area contributed by atoms with Gasteiger partial charge in [0.15, 0.2) is 0 Å². The number of benzene rings is 3. The third-order valence-corrected chi connectivity index (χ3v) is 5.45. The Bertz CT molecular complexity index is 1030. The van der Waals surface area contributed by atoms with Crippen LogP contribution in [0.1, 0.15) is 12.0 Å². The van der Waals surface area contributed by atoms with Crippen LogP contribution in [0.5, 0.6) is 5.75 Å². The summed E-state index contributed by atoms with van der Waals surface area (Å²) >= 11 is 0. The van der Waals surface area contributed by atoms with Gasteiger partial charge >= 0.3 is 0 Å². The van der Waals surface area contributed by atoms with Gasteiger partial charge in [-0.25, -0.2) is 8.42 Å². The highest BCUT2D eigenvalue weighted by molar-refractivity contribution is 7.92. The smallest absolute Gasteiger partial charge is 0.261 e. The molecule has 5 nitrogen and oxygen atoms in total. The number of hydrogen-bond donors (Lipinski definition) is 2. The maximum atomic E-state index is 12.4. The number of hydrogen-bond acceptors (Lipinski definition) is 4. The van der Waals surface area contributed by atoms with Gasteiger partial charge in [-0.3, -0.25) is 4.72 Å². The number of rotatable bonds is 9. The highest BCUT2D eigenvalue weighted by Gasteiger charge is 2.13. The second-order valence-electron chi connectivity index (χ2n) is 6.33. The molecule has 0 heterocycles. The molecule has 2 N–H and O–H groups in total. The quantitative estimate of drug-likeness (QED) is 0.558. The molecule has 0 amide bonds. The average molecular weight is 408 g/mol. The standard InChI is InChI=1S/C23H22NO4S/c25-21(16-17-28-22-10-3-1-4-11-22)15-14-19-8-7-9-20(18-19)24-29(26,27)23-12-5-2-6-13-23/h1-10,12-15,18,21,24-25H,16-17H2/b15-14+/t21-/m1/s1. The minimum Gasteiger partial charge on any atom is -0.493 e. The molecule has 0 saturated carbocycles. The van der Waals surface area contributed by atoms with Gasteiger partial charge in [0, 0.05) is 18.2 Å². The summed E-state index contributed by atoms with van der Waals surface area (Å²) in [4.78, 5) is 0.201. The van der Waals surface area contributed by atoms with Crippen LogP contribution in [0.15, 0.2) is 89.8 Å². The lowest BCUT2D eigenvalue weighted by molar-refractivity contribution is 0.179. The van der Waals surface area contributed by atoms with Gasteiger partial charge in [0.1, 0.15) is 5.75 Å². The molecule has 0 fully saturated rings. The number of aliphatic hydroxyl groups excluding tert-OH is 1. The Morgan fingerprint density at radius 3 is 2.59 bits per heavy atom. The highest BCUT2D eigenvalue weighted by Crippen LogP contribution is 2.18. The van der Waals surface area contributed by atoms with Gasteiger partial charge in [-0.05, 0) is 35.9 Å². The molecule has 6 heteroatoms. The van der Waals surface area contributed by atoms with Crippen molar-refractivity contribution >= 4 is 21.8 Å². The van der Waals surface area contributed by atoms with Crippen molar-refractivity contribution < 1.29 is 18.3 Å². The van der Waals surface area contributed by atoms with Gasteiger partial charge in [-0.2, -0.15) is 0 Å². The summed E-state index contributed by atoms with van der Waals surface area (Å²) in [5.74, 6) is 0.641. The topological polar surface area (TPSA) is 75.6 Å². The lowest BCUT2D eigenvalue weighted by atomic mass is 10.1. The van der Waals surface area contributed by atoms with E-state index in [1.807, 2.05) is 24.3 Å². The van der Waals surface area contributed by atoms with Crippen LogP contribution in [0.25, 0.3) is 6.08 Å². The Kier molecular flexibility index (Phi) is 7.05. The first-order valence-corrected chi connectivity index (χ1v) is 10.6. The van der Waals surface area contributed by atoms with Crippen LogP contribution in [0.4, 0.5) is 5.69 Å². The molecule has 29 heavy (non-hydrogen) atoms. The lowest BCUT2D eigenvalue weighted by Crippen LogP contribution is -2.12. The molecule has 0 bridgehead atoms. The molecule has 1 atom stereocenters. The number of aliphatic hydroxyl groups is 1. The van der Waals surface area contributed by atoms with Crippen molar-refractivity contribution in [3.8, 4) is 5.75 Å². The summed E-state index contributed by atoms with van der Waals surface area (Å²) < 4.78 is 32.9. The first-order chi connectivity index (χ1) is 14.0. The minimum atomic E-state index is -3.64. The van der Waals surface area contributed by atoms with E-state index in [-0.39, 0.29) is 4.90 Å². The number of sulfonamides is 1. The first kappa shape index (κ1) is 20.6. The summed E-state index contributed by atoms with van der Waals surface area (Å²) in [5.41, 5.74) is 1.23. The number of anilines is 1. The third-order valence-electron chi connectivity index (χ3n) is 4.05. The molecule has 1 radical (unpaired) electrons. The Labute approximate surface area is 171 Å². The molecule has 0 spiro atoms. The number of para-hydroxylation sites is 1. The van der Waals surface area contributed by atoms with Crippen LogP contribution in [-0.4, -0.2) is 26.2 Å². The molecular weight excluding hydrogens is 386 g/mol. The van der Waals surface area contributed by atoms with E-state index in [4.69, 9.17) is 4.74 Å². The molecular formula is C23H22NO4S. The van der Waals surface area contributed by atoms with Gasteiger partial charge in [0.25, 0.3) is 10.0 Å². The molecule has 0 aromatic heterocycles. The van der Waals surface area contributed by atoms with Crippen LogP contribution < -0.4 is 9.46 Å². The van der Waals surface area contributed by atoms with Gasteiger partial charge in [0.05, 0.1) is 17.6 Å². The van der Waals surface area contributed by atoms with Gasteiger partial charge in [-0.15, -0.1) is 0 Å².